The Balaban J connectivity index is 2.27. The molecular weight excluding hydrogens is 219 g/mol. The van der Waals surface area contributed by atoms with Crippen molar-refractivity contribution < 1.29 is 9.13 Å². The lowest BCUT2D eigenvalue weighted by molar-refractivity contribution is -0.00523. The molecule has 1 heterocycles. The van der Waals surface area contributed by atoms with Crippen molar-refractivity contribution in [3.8, 4) is 6.07 Å². The van der Waals surface area contributed by atoms with Crippen LogP contribution in [0.25, 0.3) is 0 Å². The first-order chi connectivity index (χ1) is 8.08. The van der Waals surface area contributed by atoms with E-state index >= 15 is 0 Å². The van der Waals surface area contributed by atoms with Crippen molar-refractivity contribution in [3.63, 3.8) is 0 Å². The average Bonchev–Trinajstić information content (AvgIpc) is 2.26. The van der Waals surface area contributed by atoms with Crippen LogP contribution in [0.15, 0.2) is 18.2 Å². The fourth-order valence-corrected chi connectivity index (χ4v) is 2.21. The van der Waals surface area contributed by atoms with E-state index in [9.17, 15) is 4.39 Å². The van der Waals surface area contributed by atoms with Gasteiger partial charge in [-0.25, -0.2) is 4.39 Å². The molecule has 90 valence electrons. The maximum Gasteiger partial charge on any atom is 0.126 e. The summed E-state index contributed by atoms with van der Waals surface area (Å²) in [4.78, 5) is 2.06. The highest BCUT2D eigenvalue weighted by Crippen LogP contribution is 2.22. The number of halogens is 1. The molecule has 1 aliphatic rings. The molecule has 1 aromatic rings. The third-order valence-corrected chi connectivity index (χ3v) is 2.80. The van der Waals surface area contributed by atoms with Crippen molar-refractivity contribution in [3.05, 3.63) is 29.6 Å². The Kier molecular flexibility index (Phi) is 3.30. The first-order valence-corrected chi connectivity index (χ1v) is 5.69. The van der Waals surface area contributed by atoms with Gasteiger partial charge in [0.25, 0.3) is 0 Å². The van der Waals surface area contributed by atoms with Gasteiger partial charge in [0.2, 0.25) is 0 Å². The van der Waals surface area contributed by atoms with Gasteiger partial charge < -0.3 is 9.64 Å². The summed E-state index contributed by atoms with van der Waals surface area (Å²) in [5.41, 5.74) is 1.11. The van der Waals surface area contributed by atoms with Gasteiger partial charge in [0.05, 0.1) is 23.8 Å². The van der Waals surface area contributed by atoms with Gasteiger partial charge in [0, 0.05) is 18.8 Å². The quantitative estimate of drug-likeness (QED) is 0.748. The number of anilines is 1. The minimum Gasteiger partial charge on any atom is -0.372 e. The van der Waals surface area contributed by atoms with Gasteiger partial charge in [-0.2, -0.15) is 5.26 Å². The Labute approximate surface area is 100 Å². The molecule has 2 atom stereocenters. The first-order valence-electron chi connectivity index (χ1n) is 5.69. The molecule has 17 heavy (non-hydrogen) atoms. The molecule has 3 nitrogen and oxygen atoms in total. The summed E-state index contributed by atoms with van der Waals surface area (Å²) in [6, 6.07) is 6.40. The van der Waals surface area contributed by atoms with E-state index in [-0.39, 0.29) is 18.0 Å². The zero-order valence-electron chi connectivity index (χ0n) is 9.98. The monoisotopic (exact) mass is 234 g/mol. The molecule has 0 bridgehead atoms. The highest BCUT2D eigenvalue weighted by atomic mass is 19.1. The van der Waals surface area contributed by atoms with E-state index in [0.29, 0.717) is 5.56 Å². The van der Waals surface area contributed by atoms with Crippen LogP contribution in [-0.4, -0.2) is 25.3 Å². The molecule has 0 aliphatic carbocycles. The van der Waals surface area contributed by atoms with E-state index in [1.54, 1.807) is 6.07 Å². The Morgan fingerprint density at radius 1 is 1.29 bits per heavy atom. The van der Waals surface area contributed by atoms with Gasteiger partial charge in [-0.05, 0) is 32.0 Å². The van der Waals surface area contributed by atoms with Gasteiger partial charge in [0.15, 0.2) is 0 Å². The van der Waals surface area contributed by atoms with Crippen LogP contribution in [0, 0.1) is 17.1 Å². The van der Waals surface area contributed by atoms with E-state index in [0.717, 1.165) is 18.8 Å². The molecule has 2 unspecified atom stereocenters. The SMILES string of the molecule is CC1CN(c2cc(F)cc(C#N)c2)CC(C)O1. The van der Waals surface area contributed by atoms with Gasteiger partial charge in [-0.15, -0.1) is 0 Å². The van der Waals surface area contributed by atoms with E-state index in [2.05, 4.69) is 4.90 Å². The molecule has 4 heteroatoms. The number of ether oxygens (including phenoxy) is 1. The minimum atomic E-state index is -0.370. The largest absolute Gasteiger partial charge is 0.372 e. The van der Waals surface area contributed by atoms with Gasteiger partial charge in [-0.3, -0.25) is 0 Å². The molecule has 1 aromatic carbocycles. The summed E-state index contributed by atoms with van der Waals surface area (Å²) in [7, 11) is 0. The maximum absolute atomic E-state index is 13.4. The van der Waals surface area contributed by atoms with Crippen LogP contribution in [0.4, 0.5) is 10.1 Å². The van der Waals surface area contributed by atoms with Crippen molar-refractivity contribution in [2.75, 3.05) is 18.0 Å². The molecule has 0 radical (unpaired) electrons. The molecule has 0 spiro atoms. The number of nitrogens with zero attached hydrogens (tertiary/aromatic N) is 2. The lowest BCUT2D eigenvalue weighted by Gasteiger charge is -2.36. The number of nitriles is 1. The zero-order valence-corrected chi connectivity index (χ0v) is 9.98. The van der Waals surface area contributed by atoms with E-state index < -0.39 is 0 Å². The van der Waals surface area contributed by atoms with Crippen LogP contribution in [-0.2, 0) is 4.74 Å². The van der Waals surface area contributed by atoms with Crippen LogP contribution in [0.1, 0.15) is 19.4 Å². The summed E-state index contributed by atoms with van der Waals surface area (Å²) < 4.78 is 19.0. The predicted octanol–water partition coefficient (Wildman–Crippen LogP) is 2.31. The van der Waals surface area contributed by atoms with Crippen molar-refractivity contribution in [1.29, 1.82) is 5.26 Å². The van der Waals surface area contributed by atoms with Crippen LogP contribution in [0.2, 0.25) is 0 Å². The predicted molar refractivity (Wildman–Crippen MR) is 63.3 cm³/mol. The number of benzene rings is 1. The number of hydrogen-bond acceptors (Lipinski definition) is 3. The average molecular weight is 234 g/mol. The summed E-state index contributed by atoms with van der Waals surface area (Å²) >= 11 is 0. The summed E-state index contributed by atoms with van der Waals surface area (Å²) in [5.74, 6) is -0.370. The van der Waals surface area contributed by atoms with Crippen molar-refractivity contribution >= 4 is 5.69 Å². The molecule has 0 aromatic heterocycles. The molecule has 1 aliphatic heterocycles. The van der Waals surface area contributed by atoms with E-state index in [4.69, 9.17) is 10.00 Å². The van der Waals surface area contributed by atoms with Crippen LogP contribution in [0.3, 0.4) is 0 Å². The Bertz CT molecular complexity index is 445. The Morgan fingerprint density at radius 3 is 2.53 bits per heavy atom. The molecule has 1 fully saturated rings. The highest BCUT2D eigenvalue weighted by molar-refractivity contribution is 5.52. The van der Waals surface area contributed by atoms with Crippen molar-refractivity contribution in [1.82, 2.24) is 0 Å². The standard InChI is InChI=1S/C13H15FN2O/c1-9-7-16(8-10(2)17-9)13-4-11(6-15)3-12(14)5-13/h3-5,9-10H,7-8H2,1-2H3. The lowest BCUT2D eigenvalue weighted by atomic mass is 10.1. The second kappa shape index (κ2) is 4.72. The summed E-state index contributed by atoms with van der Waals surface area (Å²) in [6.07, 6.45) is 0.236. The van der Waals surface area contributed by atoms with E-state index in [1.807, 2.05) is 19.9 Å². The normalized spacial score (nSPS) is 24.5. The topological polar surface area (TPSA) is 36.3 Å². The van der Waals surface area contributed by atoms with Crippen LogP contribution < -0.4 is 4.90 Å². The van der Waals surface area contributed by atoms with Crippen molar-refractivity contribution in [2.24, 2.45) is 0 Å². The zero-order chi connectivity index (χ0) is 12.4. The molecule has 1 saturated heterocycles. The molecule has 0 amide bonds. The first kappa shape index (κ1) is 11.9. The number of rotatable bonds is 1. The third-order valence-electron chi connectivity index (χ3n) is 2.80. The second-order valence-electron chi connectivity index (χ2n) is 4.47. The molecule has 0 saturated carbocycles. The number of morpholine rings is 1. The fraction of sp³-hybridized carbons (Fsp3) is 0.462. The highest BCUT2D eigenvalue weighted by Gasteiger charge is 2.22. The second-order valence-corrected chi connectivity index (χ2v) is 4.47. The van der Waals surface area contributed by atoms with Crippen molar-refractivity contribution in [2.45, 2.75) is 26.1 Å². The Hall–Kier alpha value is -1.60. The Morgan fingerprint density at radius 2 is 1.94 bits per heavy atom. The summed E-state index contributed by atoms with van der Waals surface area (Å²) in [5, 5.41) is 8.83. The molecular formula is C13H15FN2O. The van der Waals surface area contributed by atoms with Gasteiger partial charge in [-0.1, -0.05) is 0 Å². The lowest BCUT2D eigenvalue weighted by Crippen LogP contribution is -2.45. The smallest absolute Gasteiger partial charge is 0.126 e. The van der Waals surface area contributed by atoms with Gasteiger partial charge >= 0.3 is 0 Å². The van der Waals surface area contributed by atoms with Crippen LogP contribution >= 0.6 is 0 Å². The third kappa shape index (κ3) is 2.75. The minimum absolute atomic E-state index is 0.118. The molecule has 0 N–H and O–H groups in total. The van der Waals surface area contributed by atoms with Gasteiger partial charge in [0.1, 0.15) is 5.82 Å². The molecule has 2 rings (SSSR count). The van der Waals surface area contributed by atoms with Crippen LogP contribution in [0.5, 0.6) is 0 Å². The summed E-state index contributed by atoms with van der Waals surface area (Å²) in [6.45, 7) is 5.43. The fourth-order valence-electron chi connectivity index (χ4n) is 2.21. The van der Waals surface area contributed by atoms with E-state index in [1.165, 1.54) is 12.1 Å². The maximum atomic E-state index is 13.4. The number of hydrogen-bond donors (Lipinski definition) is 0.